The minimum Gasteiger partial charge on any atom is -0.0984 e. The van der Waals surface area contributed by atoms with Gasteiger partial charge in [-0.1, -0.05) is 58.7 Å². The summed E-state index contributed by atoms with van der Waals surface area (Å²) in [6.45, 7) is 11.9. The average Bonchev–Trinajstić information content (AvgIpc) is 2.64. The Morgan fingerprint density at radius 1 is 1.20 bits per heavy atom. The van der Waals surface area contributed by atoms with Crippen LogP contribution in [0.25, 0.3) is 11.6 Å². The molecule has 0 saturated carbocycles. The van der Waals surface area contributed by atoms with E-state index in [-0.39, 0.29) is 7.43 Å². The van der Waals surface area contributed by atoms with E-state index in [1.54, 1.807) is 0 Å². The van der Waals surface area contributed by atoms with Crippen LogP contribution in [0.4, 0.5) is 0 Å². The summed E-state index contributed by atoms with van der Waals surface area (Å²) in [4.78, 5) is 0. The summed E-state index contributed by atoms with van der Waals surface area (Å²) < 4.78 is 0. The van der Waals surface area contributed by atoms with E-state index < -0.39 is 0 Å². The molecule has 0 spiro atoms. The molecule has 1 aliphatic rings. The Balaban J connectivity index is 0.000000617. The monoisotopic (exact) mass is 202 g/mol. The maximum atomic E-state index is 4.06. The molecule has 0 amide bonds. The highest BCUT2D eigenvalue weighted by Gasteiger charge is 2.15. The van der Waals surface area contributed by atoms with Gasteiger partial charge in [-0.3, -0.25) is 0 Å². The van der Waals surface area contributed by atoms with E-state index in [9.17, 15) is 0 Å². The number of fused-ring (bicyclic) bond motifs is 1. The van der Waals surface area contributed by atoms with Crippen LogP contribution in [0.1, 0.15) is 44.4 Å². The molecule has 1 aromatic rings. The van der Waals surface area contributed by atoms with Gasteiger partial charge in [0.15, 0.2) is 0 Å². The molecule has 0 N–H and O–H groups in total. The van der Waals surface area contributed by atoms with Crippen molar-refractivity contribution >= 4 is 11.6 Å². The number of rotatable bonds is 1. The number of hydrogen-bond acceptors (Lipinski definition) is 0. The second-order valence-corrected chi connectivity index (χ2v) is 3.19. The van der Waals surface area contributed by atoms with Crippen LogP contribution < -0.4 is 0 Å². The van der Waals surface area contributed by atoms with E-state index in [1.165, 1.54) is 22.3 Å². The average molecular weight is 202 g/mol. The van der Waals surface area contributed by atoms with Crippen molar-refractivity contribution in [2.75, 3.05) is 0 Å². The highest BCUT2D eigenvalue weighted by atomic mass is 14.2. The van der Waals surface area contributed by atoms with Crippen LogP contribution in [-0.4, -0.2) is 0 Å². The fourth-order valence-electron chi connectivity index (χ4n) is 1.84. The fourth-order valence-corrected chi connectivity index (χ4v) is 1.84. The van der Waals surface area contributed by atoms with E-state index in [0.29, 0.717) is 0 Å². The lowest BCUT2D eigenvalue weighted by atomic mass is 10.0. The Bertz CT molecular complexity index is 345. The molecule has 0 fully saturated rings. The molecular weight excluding hydrogens is 180 g/mol. The van der Waals surface area contributed by atoms with Gasteiger partial charge in [0, 0.05) is 0 Å². The molecular formula is C15H22. The van der Waals surface area contributed by atoms with Crippen molar-refractivity contribution in [1.29, 1.82) is 0 Å². The molecule has 2 rings (SSSR count). The summed E-state index contributed by atoms with van der Waals surface area (Å²) in [6.07, 6.45) is 4.17. The van der Waals surface area contributed by atoms with Gasteiger partial charge in [-0.05, 0) is 35.1 Å². The van der Waals surface area contributed by atoms with Gasteiger partial charge < -0.3 is 0 Å². The Hall–Kier alpha value is -1.30. The van der Waals surface area contributed by atoms with Crippen LogP contribution in [0.3, 0.4) is 0 Å². The lowest BCUT2D eigenvalue weighted by molar-refractivity contribution is 1.08. The molecule has 82 valence electrons. The van der Waals surface area contributed by atoms with Crippen molar-refractivity contribution in [2.24, 2.45) is 0 Å². The molecule has 0 nitrogen and oxygen atoms in total. The number of hydrogen-bond donors (Lipinski definition) is 0. The van der Waals surface area contributed by atoms with Crippen LogP contribution >= 0.6 is 0 Å². The Labute approximate surface area is 94.3 Å². The van der Waals surface area contributed by atoms with Crippen molar-refractivity contribution in [2.45, 2.75) is 34.1 Å². The first-order valence-electron chi connectivity index (χ1n) is 5.25. The maximum Gasteiger partial charge on any atom is -0.0126 e. The largest absolute Gasteiger partial charge is 0.0984 e. The van der Waals surface area contributed by atoms with Gasteiger partial charge in [0.25, 0.3) is 0 Å². The minimum atomic E-state index is 0. The van der Waals surface area contributed by atoms with Gasteiger partial charge in [0.05, 0.1) is 0 Å². The van der Waals surface area contributed by atoms with Gasteiger partial charge >= 0.3 is 0 Å². The highest BCUT2D eigenvalue weighted by Crippen LogP contribution is 2.33. The molecule has 0 atom stereocenters. The molecule has 0 unspecified atom stereocenters. The van der Waals surface area contributed by atoms with Gasteiger partial charge in [0.1, 0.15) is 0 Å². The first-order valence-corrected chi connectivity index (χ1v) is 5.25. The van der Waals surface area contributed by atoms with Crippen LogP contribution in [0, 0.1) is 0 Å². The quantitative estimate of drug-likeness (QED) is 0.604. The molecule has 15 heavy (non-hydrogen) atoms. The lowest BCUT2D eigenvalue weighted by Crippen LogP contribution is -1.84. The van der Waals surface area contributed by atoms with Gasteiger partial charge in [-0.2, -0.15) is 0 Å². The molecule has 0 heteroatoms. The van der Waals surface area contributed by atoms with E-state index in [2.05, 4.69) is 31.4 Å². The summed E-state index contributed by atoms with van der Waals surface area (Å²) in [5.74, 6) is 0. The first-order chi connectivity index (χ1) is 6.83. The van der Waals surface area contributed by atoms with Gasteiger partial charge in [0.2, 0.25) is 0 Å². The normalized spacial score (nSPS) is 12.0. The van der Waals surface area contributed by atoms with Crippen LogP contribution in [0.2, 0.25) is 0 Å². The van der Waals surface area contributed by atoms with Crippen molar-refractivity contribution in [3.63, 3.8) is 0 Å². The second-order valence-electron chi connectivity index (χ2n) is 3.19. The second kappa shape index (κ2) is 6.23. The zero-order valence-corrected chi connectivity index (χ0v) is 9.14. The first kappa shape index (κ1) is 13.7. The Kier molecular flexibility index (Phi) is 5.69. The zero-order valence-electron chi connectivity index (χ0n) is 9.14. The molecule has 0 aromatic heterocycles. The summed E-state index contributed by atoms with van der Waals surface area (Å²) in [5, 5.41) is 0. The molecule has 1 aromatic carbocycles. The number of aryl methyl sites for hydroxylation is 1. The van der Waals surface area contributed by atoms with E-state index in [0.717, 1.165) is 12.8 Å². The van der Waals surface area contributed by atoms with Crippen molar-refractivity contribution < 1.29 is 0 Å². The van der Waals surface area contributed by atoms with E-state index in [4.69, 9.17) is 0 Å². The molecule has 0 radical (unpaired) electrons. The third-order valence-corrected chi connectivity index (χ3v) is 2.45. The predicted molar refractivity (Wildman–Crippen MR) is 72.0 cm³/mol. The number of allylic oxidation sites excluding steroid dienone is 1. The third-order valence-electron chi connectivity index (χ3n) is 2.45. The van der Waals surface area contributed by atoms with Gasteiger partial charge in [-0.15, -0.1) is 0 Å². The summed E-state index contributed by atoms with van der Waals surface area (Å²) in [6, 6.07) is 6.37. The van der Waals surface area contributed by atoms with Crippen LogP contribution in [-0.2, 0) is 6.42 Å². The highest BCUT2D eigenvalue weighted by molar-refractivity contribution is 5.78. The summed E-state index contributed by atoms with van der Waals surface area (Å²) >= 11 is 0. The molecule has 0 saturated heterocycles. The molecule has 0 bridgehead atoms. The predicted octanol–water partition coefficient (Wildman–Crippen LogP) is 4.95. The summed E-state index contributed by atoms with van der Waals surface area (Å²) in [5.41, 5.74) is 5.26. The summed E-state index contributed by atoms with van der Waals surface area (Å²) in [7, 11) is 0. The van der Waals surface area contributed by atoms with Crippen molar-refractivity contribution in [1.82, 2.24) is 0 Å². The van der Waals surface area contributed by atoms with Crippen molar-refractivity contribution in [3.8, 4) is 0 Å². The third kappa shape index (κ3) is 2.59. The van der Waals surface area contributed by atoms with Gasteiger partial charge in [-0.25, -0.2) is 0 Å². The maximum absolute atomic E-state index is 4.06. The SMILES string of the molecule is C.C=Cc1cccc2c1C(=C)CC2.CC. The zero-order chi connectivity index (χ0) is 10.6. The van der Waals surface area contributed by atoms with Crippen LogP contribution in [0.5, 0.6) is 0 Å². The van der Waals surface area contributed by atoms with E-state index >= 15 is 0 Å². The van der Waals surface area contributed by atoms with Crippen molar-refractivity contribution in [3.05, 3.63) is 48.0 Å². The Morgan fingerprint density at radius 2 is 1.87 bits per heavy atom. The Morgan fingerprint density at radius 3 is 2.47 bits per heavy atom. The van der Waals surface area contributed by atoms with E-state index in [1.807, 2.05) is 19.9 Å². The standard InChI is InChI=1S/C12H12.C2H6.CH4/c1-3-10-5-4-6-11-8-7-9(2)12(10)11;1-2;/h3-6H,1-2,7-8H2;1-2H3;1H4. The fraction of sp³-hybridized carbons (Fsp3) is 0.333. The lowest BCUT2D eigenvalue weighted by Gasteiger charge is -2.03. The molecule has 0 aliphatic heterocycles. The molecule has 0 heterocycles. The smallest absolute Gasteiger partial charge is 0.0126 e. The minimum absolute atomic E-state index is 0. The number of benzene rings is 1. The van der Waals surface area contributed by atoms with Crippen LogP contribution in [0.15, 0.2) is 31.4 Å². The topological polar surface area (TPSA) is 0 Å². The molecule has 1 aliphatic carbocycles.